The molecule has 0 N–H and O–H groups in total. The molecule has 2 aromatic carbocycles. The summed E-state index contributed by atoms with van der Waals surface area (Å²) in [5.74, 6) is 1.63. The van der Waals surface area contributed by atoms with Crippen molar-refractivity contribution >= 4 is 17.5 Å². The summed E-state index contributed by atoms with van der Waals surface area (Å²) in [4.78, 5) is 14.7. The lowest BCUT2D eigenvalue weighted by Crippen LogP contribution is -2.39. The van der Waals surface area contributed by atoms with Crippen LogP contribution in [0.15, 0.2) is 48.5 Å². The van der Waals surface area contributed by atoms with Crippen LogP contribution in [0.4, 0.5) is 0 Å². The van der Waals surface area contributed by atoms with Gasteiger partial charge in [-0.3, -0.25) is 4.79 Å². The minimum atomic E-state index is -0.227. The summed E-state index contributed by atoms with van der Waals surface area (Å²) in [5, 5.41) is 0.631. The Hall–Kier alpha value is -2.20. The maximum absolute atomic E-state index is 12.8. The molecule has 0 aliphatic carbocycles. The fraction of sp³-hybridized carbons (Fsp3) is 0.409. The molecule has 1 fully saturated rings. The second kappa shape index (κ2) is 8.22. The summed E-state index contributed by atoms with van der Waals surface area (Å²) in [6.07, 6.45) is 1.94. The number of rotatable bonds is 5. The normalized spacial score (nSPS) is 17.0. The molecule has 1 aliphatic rings. The Morgan fingerprint density at radius 2 is 1.70 bits per heavy atom. The highest BCUT2D eigenvalue weighted by molar-refractivity contribution is 6.30. The van der Waals surface area contributed by atoms with Gasteiger partial charge in [-0.1, -0.05) is 11.6 Å². The van der Waals surface area contributed by atoms with E-state index in [2.05, 4.69) is 0 Å². The van der Waals surface area contributed by atoms with Crippen LogP contribution < -0.4 is 9.47 Å². The number of nitrogens with zero attached hydrogens (tertiary/aromatic N) is 1. The highest BCUT2D eigenvalue weighted by Crippen LogP contribution is 2.24. The van der Waals surface area contributed by atoms with Gasteiger partial charge in [-0.2, -0.15) is 0 Å². The summed E-state index contributed by atoms with van der Waals surface area (Å²) in [6, 6.07) is 14.7. The van der Waals surface area contributed by atoms with Crippen molar-refractivity contribution in [2.45, 2.75) is 45.3 Å². The molecule has 0 radical (unpaired) electrons. The SMILES string of the molecule is CC(C)(C)Oc1ccc(OCC2CCCN2C(=O)c2ccc(Cl)cc2)cc1. The maximum Gasteiger partial charge on any atom is 0.254 e. The van der Waals surface area contributed by atoms with Crippen molar-refractivity contribution in [3.05, 3.63) is 59.1 Å². The lowest BCUT2D eigenvalue weighted by molar-refractivity contribution is 0.0691. The topological polar surface area (TPSA) is 38.8 Å². The molecule has 1 heterocycles. The van der Waals surface area contributed by atoms with Crippen LogP contribution >= 0.6 is 11.6 Å². The predicted molar refractivity (Wildman–Crippen MR) is 108 cm³/mol. The van der Waals surface area contributed by atoms with Gasteiger partial charge in [-0.15, -0.1) is 0 Å². The highest BCUT2D eigenvalue weighted by atomic mass is 35.5. The van der Waals surface area contributed by atoms with Crippen LogP contribution in [0.25, 0.3) is 0 Å². The Bertz CT molecular complexity index is 766. The fourth-order valence-electron chi connectivity index (χ4n) is 3.18. The molecular weight excluding hydrogens is 362 g/mol. The first-order valence-electron chi connectivity index (χ1n) is 9.30. The van der Waals surface area contributed by atoms with Crippen molar-refractivity contribution in [2.24, 2.45) is 0 Å². The number of hydrogen-bond acceptors (Lipinski definition) is 3. The van der Waals surface area contributed by atoms with Gasteiger partial charge < -0.3 is 14.4 Å². The van der Waals surface area contributed by atoms with Gasteiger partial charge in [-0.05, 0) is 82.1 Å². The van der Waals surface area contributed by atoms with E-state index in [9.17, 15) is 4.79 Å². The number of benzene rings is 2. The fourth-order valence-corrected chi connectivity index (χ4v) is 3.31. The van der Waals surface area contributed by atoms with Gasteiger partial charge in [0.05, 0.1) is 6.04 Å². The number of carbonyl (C=O) groups excluding carboxylic acids is 1. The number of ether oxygens (including phenoxy) is 2. The van der Waals surface area contributed by atoms with Crippen molar-refractivity contribution in [1.82, 2.24) is 4.90 Å². The third-order valence-corrected chi connectivity index (χ3v) is 4.67. The molecule has 1 amide bonds. The molecule has 27 heavy (non-hydrogen) atoms. The monoisotopic (exact) mass is 387 g/mol. The molecule has 0 aromatic heterocycles. The number of likely N-dealkylation sites (tertiary alicyclic amines) is 1. The Morgan fingerprint density at radius 1 is 1.07 bits per heavy atom. The molecule has 1 saturated heterocycles. The van der Waals surface area contributed by atoms with Crippen molar-refractivity contribution in [2.75, 3.05) is 13.2 Å². The molecule has 0 saturated carbocycles. The number of carbonyl (C=O) groups is 1. The van der Waals surface area contributed by atoms with Gasteiger partial charge in [0.2, 0.25) is 0 Å². The Labute approximate surface area is 166 Å². The van der Waals surface area contributed by atoms with E-state index in [4.69, 9.17) is 21.1 Å². The van der Waals surface area contributed by atoms with E-state index in [0.29, 0.717) is 17.2 Å². The van der Waals surface area contributed by atoms with Crippen LogP contribution in [0, 0.1) is 0 Å². The predicted octanol–water partition coefficient (Wildman–Crippen LogP) is 5.20. The van der Waals surface area contributed by atoms with E-state index in [1.165, 1.54) is 0 Å². The molecule has 1 aliphatic heterocycles. The van der Waals surface area contributed by atoms with Crippen LogP contribution in [0.1, 0.15) is 44.0 Å². The van der Waals surface area contributed by atoms with Gasteiger partial charge in [0.1, 0.15) is 23.7 Å². The molecule has 1 unspecified atom stereocenters. The summed E-state index contributed by atoms with van der Waals surface area (Å²) < 4.78 is 11.8. The standard InChI is InChI=1S/C22H26ClNO3/c1-22(2,3)27-20-12-10-19(11-13-20)26-15-18-5-4-14-24(18)21(25)16-6-8-17(23)9-7-16/h6-13,18H,4-5,14-15H2,1-3H3. The van der Waals surface area contributed by atoms with Gasteiger partial charge in [0.15, 0.2) is 0 Å². The van der Waals surface area contributed by atoms with Crippen molar-refractivity contribution in [1.29, 1.82) is 0 Å². The molecule has 3 rings (SSSR count). The second-order valence-corrected chi connectivity index (χ2v) is 8.23. The van der Waals surface area contributed by atoms with Crippen LogP contribution in [0.2, 0.25) is 5.02 Å². The van der Waals surface area contributed by atoms with E-state index >= 15 is 0 Å². The number of halogens is 1. The van der Waals surface area contributed by atoms with E-state index in [-0.39, 0.29) is 17.6 Å². The average molecular weight is 388 g/mol. The Balaban J connectivity index is 1.58. The molecular formula is C22H26ClNO3. The van der Waals surface area contributed by atoms with Gasteiger partial charge >= 0.3 is 0 Å². The van der Waals surface area contributed by atoms with E-state index in [1.54, 1.807) is 24.3 Å². The number of hydrogen-bond donors (Lipinski definition) is 0. The van der Waals surface area contributed by atoms with Crippen LogP contribution in [0.3, 0.4) is 0 Å². The first kappa shape index (κ1) is 19.6. The van der Waals surface area contributed by atoms with E-state index in [1.807, 2.05) is 49.9 Å². The zero-order valence-corrected chi connectivity index (χ0v) is 16.8. The first-order chi connectivity index (χ1) is 12.8. The molecule has 0 spiro atoms. The Morgan fingerprint density at radius 3 is 2.33 bits per heavy atom. The summed E-state index contributed by atoms with van der Waals surface area (Å²) in [7, 11) is 0. The first-order valence-corrected chi connectivity index (χ1v) is 9.68. The zero-order valence-electron chi connectivity index (χ0n) is 16.1. The van der Waals surface area contributed by atoms with Crippen molar-refractivity contribution in [3.8, 4) is 11.5 Å². The lowest BCUT2D eigenvalue weighted by Gasteiger charge is -2.25. The summed E-state index contributed by atoms with van der Waals surface area (Å²) >= 11 is 5.91. The maximum atomic E-state index is 12.8. The third kappa shape index (κ3) is 5.39. The smallest absolute Gasteiger partial charge is 0.254 e. The van der Waals surface area contributed by atoms with Crippen LogP contribution in [0.5, 0.6) is 11.5 Å². The molecule has 5 heteroatoms. The second-order valence-electron chi connectivity index (χ2n) is 7.80. The Kier molecular flexibility index (Phi) is 5.95. The highest BCUT2D eigenvalue weighted by Gasteiger charge is 2.30. The van der Waals surface area contributed by atoms with Gasteiger partial charge in [0.25, 0.3) is 5.91 Å². The molecule has 0 bridgehead atoms. The summed E-state index contributed by atoms with van der Waals surface area (Å²) in [5.41, 5.74) is 0.435. The van der Waals surface area contributed by atoms with Crippen molar-refractivity contribution in [3.63, 3.8) is 0 Å². The minimum absolute atomic E-state index is 0.0340. The van der Waals surface area contributed by atoms with Crippen molar-refractivity contribution < 1.29 is 14.3 Å². The van der Waals surface area contributed by atoms with E-state index < -0.39 is 0 Å². The lowest BCUT2D eigenvalue weighted by atomic mass is 10.1. The largest absolute Gasteiger partial charge is 0.491 e. The van der Waals surface area contributed by atoms with Crippen LogP contribution in [-0.2, 0) is 0 Å². The summed E-state index contributed by atoms with van der Waals surface area (Å²) in [6.45, 7) is 7.30. The van der Waals surface area contributed by atoms with E-state index in [0.717, 1.165) is 30.9 Å². The molecule has 2 aromatic rings. The zero-order chi connectivity index (χ0) is 19.4. The van der Waals surface area contributed by atoms with Gasteiger partial charge in [0, 0.05) is 17.1 Å². The minimum Gasteiger partial charge on any atom is -0.491 e. The average Bonchev–Trinajstić information content (AvgIpc) is 3.08. The molecule has 4 nitrogen and oxygen atoms in total. The van der Waals surface area contributed by atoms with Crippen LogP contribution in [-0.4, -0.2) is 35.6 Å². The third-order valence-electron chi connectivity index (χ3n) is 4.42. The number of amides is 1. The molecule has 1 atom stereocenters. The molecule has 144 valence electrons. The quantitative estimate of drug-likeness (QED) is 0.707. The van der Waals surface area contributed by atoms with Gasteiger partial charge in [-0.25, -0.2) is 0 Å².